The van der Waals surface area contributed by atoms with Crippen LogP contribution in [0.15, 0.2) is 46.2 Å². The van der Waals surface area contributed by atoms with Gasteiger partial charge in [-0.25, -0.2) is 9.78 Å². The second-order valence-corrected chi connectivity index (χ2v) is 8.76. The molecule has 31 heavy (non-hydrogen) atoms. The van der Waals surface area contributed by atoms with Crippen molar-refractivity contribution in [2.75, 3.05) is 38.6 Å². The highest BCUT2D eigenvalue weighted by molar-refractivity contribution is 7.09. The van der Waals surface area contributed by atoms with Crippen LogP contribution in [0.1, 0.15) is 10.7 Å². The number of hydrogen-bond donors (Lipinski definition) is 1. The fourth-order valence-electron chi connectivity index (χ4n) is 4.03. The summed E-state index contributed by atoms with van der Waals surface area (Å²) < 4.78 is 11.5. The molecule has 5 rings (SSSR count). The Morgan fingerprint density at radius 2 is 1.97 bits per heavy atom. The molecule has 1 fully saturated rings. The third-order valence-corrected chi connectivity index (χ3v) is 6.47. The lowest BCUT2D eigenvalue weighted by Gasteiger charge is -2.34. The molecule has 2 aromatic heterocycles. The van der Waals surface area contributed by atoms with Gasteiger partial charge in [0.1, 0.15) is 16.9 Å². The van der Waals surface area contributed by atoms with Gasteiger partial charge in [-0.15, -0.1) is 11.3 Å². The van der Waals surface area contributed by atoms with Gasteiger partial charge in [0.25, 0.3) is 0 Å². The van der Waals surface area contributed by atoms with Crippen molar-refractivity contribution in [1.82, 2.24) is 14.8 Å². The van der Waals surface area contributed by atoms with Gasteiger partial charge in [0.15, 0.2) is 0 Å². The lowest BCUT2D eigenvalue weighted by Crippen LogP contribution is -2.49. The van der Waals surface area contributed by atoms with Crippen LogP contribution in [0, 0.1) is 6.92 Å². The van der Waals surface area contributed by atoms with Gasteiger partial charge in [0.05, 0.1) is 23.5 Å². The number of furan rings is 1. The van der Waals surface area contributed by atoms with E-state index >= 15 is 0 Å². The molecular formula is C23H24N4O3S. The van der Waals surface area contributed by atoms with Crippen molar-refractivity contribution in [2.24, 2.45) is 0 Å². The maximum Gasteiger partial charge on any atom is 0.322 e. The van der Waals surface area contributed by atoms with Gasteiger partial charge in [-0.3, -0.25) is 4.90 Å². The normalized spacial score (nSPS) is 15.0. The number of aryl methyl sites for hydroxylation is 1. The van der Waals surface area contributed by atoms with E-state index in [1.54, 1.807) is 18.4 Å². The predicted molar refractivity (Wildman–Crippen MR) is 123 cm³/mol. The molecule has 0 bridgehead atoms. The lowest BCUT2D eigenvalue weighted by atomic mass is 10.1. The monoisotopic (exact) mass is 436 g/mol. The highest BCUT2D eigenvalue weighted by atomic mass is 32.1. The molecule has 1 aliphatic heterocycles. The average molecular weight is 437 g/mol. The number of carbonyl (C=O) groups excluding carboxylic acids is 1. The minimum Gasteiger partial charge on any atom is -0.495 e. The highest BCUT2D eigenvalue weighted by Crippen LogP contribution is 2.36. The summed E-state index contributed by atoms with van der Waals surface area (Å²) in [5.74, 6) is 0.616. The zero-order chi connectivity index (χ0) is 21.4. The third-order valence-electron chi connectivity index (χ3n) is 5.65. The summed E-state index contributed by atoms with van der Waals surface area (Å²) >= 11 is 1.67. The van der Waals surface area contributed by atoms with Crippen molar-refractivity contribution in [1.29, 1.82) is 0 Å². The van der Waals surface area contributed by atoms with Crippen molar-refractivity contribution >= 4 is 45.0 Å². The molecule has 7 nitrogen and oxygen atoms in total. The summed E-state index contributed by atoms with van der Waals surface area (Å²) in [7, 11) is 1.61. The summed E-state index contributed by atoms with van der Waals surface area (Å²) in [5, 5.41) is 8.20. The van der Waals surface area contributed by atoms with Crippen LogP contribution in [0.4, 0.5) is 10.5 Å². The van der Waals surface area contributed by atoms with Gasteiger partial charge < -0.3 is 19.4 Å². The van der Waals surface area contributed by atoms with E-state index < -0.39 is 0 Å². The lowest BCUT2D eigenvalue weighted by molar-refractivity contribution is 0.142. The van der Waals surface area contributed by atoms with Crippen LogP contribution < -0.4 is 10.1 Å². The topological polar surface area (TPSA) is 70.8 Å². The maximum absolute atomic E-state index is 12.9. The van der Waals surface area contributed by atoms with E-state index in [2.05, 4.69) is 20.6 Å². The molecule has 4 aromatic rings. The van der Waals surface area contributed by atoms with Gasteiger partial charge in [-0.2, -0.15) is 0 Å². The first-order valence-corrected chi connectivity index (χ1v) is 11.2. The van der Waals surface area contributed by atoms with Crippen molar-refractivity contribution < 1.29 is 13.9 Å². The molecule has 0 saturated carbocycles. The van der Waals surface area contributed by atoms with E-state index in [9.17, 15) is 4.79 Å². The fraction of sp³-hybridized carbons (Fsp3) is 0.304. The van der Waals surface area contributed by atoms with E-state index in [1.165, 1.54) is 0 Å². The number of benzene rings is 2. The summed E-state index contributed by atoms with van der Waals surface area (Å²) in [5.41, 5.74) is 3.25. The Bertz CT molecular complexity index is 1240. The van der Waals surface area contributed by atoms with Crippen LogP contribution in [0.3, 0.4) is 0 Å². The number of hydrogen-bond acceptors (Lipinski definition) is 6. The molecule has 1 N–H and O–H groups in total. The molecule has 0 radical (unpaired) electrons. The second kappa shape index (κ2) is 8.20. The Balaban J connectivity index is 1.28. The SMILES string of the molecule is COc1cc2c(cc1NC(=O)N1CCN(Cc3csc(C)n3)CC1)oc1ccccc12. The maximum atomic E-state index is 12.9. The molecule has 0 atom stereocenters. The van der Waals surface area contributed by atoms with Crippen molar-refractivity contribution in [3.63, 3.8) is 0 Å². The first kappa shape index (κ1) is 19.8. The van der Waals surface area contributed by atoms with E-state index in [4.69, 9.17) is 9.15 Å². The number of piperazine rings is 1. The first-order valence-electron chi connectivity index (χ1n) is 10.3. The Morgan fingerprint density at radius 3 is 2.71 bits per heavy atom. The number of nitrogens with zero attached hydrogens (tertiary/aromatic N) is 3. The number of nitrogens with one attached hydrogen (secondary N) is 1. The molecule has 8 heteroatoms. The van der Waals surface area contributed by atoms with Gasteiger partial charge >= 0.3 is 6.03 Å². The van der Waals surface area contributed by atoms with Crippen molar-refractivity contribution in [3.8, 4) is 5.75 Å². The number of rotatable bonds is 4. The number of para-hydroxylation sites is 1. The minimum absolute atomic E-state index is 0.127. The average Bonchev–Trinajstić information content (AvgIpc) is 3.35. The van der Waals surface area contributed by atoms with Gasteiger partial charge in [0, 0.05) is 54.9 Å². The number of aromatic nitrogens is 1. The molecule has 160 valence electrons. The largest absolute Gasteiger partial charge is 0.495 e. The number of urea groups is 1. The molecule has 1 aliphatic rings. The molecule has 3 heterocycles. The molecule has 0 spiro atoms. The number of amides is 2. The standard InChI is InChI=1S/C23H24N4O3S/c1-15-24-16(14-31-15)13-26-7-9-27(10-8-26)23(28)25-19-12-21-18(11-22(19)29-2)17-5-3-4-6-20(17)30-21/h3-6,11-12,14H,7-10,13H2,1-2H3,(H,25,28). The van der Waals surface area contributed by atoms with Gasteiger partial charge in [0.2, 0.25) is 0 Å². The van der Waals surface area contributed by atoms with Crippen LogP contribution >= 0.6 is 11.3 Å². The highest BCUT2D eigenvalue weighted by Gasteiger charge is 2.23. The fourth-order valence-corrected chi connectivity index (χ4v) is 4.64. The van der Waals surface area contributed by atoms with E-state index in [0.717, 1.165) is 52.3 Å². The summed E-state index contributed by atoms with van der Waals surface area (Å²) in [4.78, 5) is 21.6. The van der Waals surface area contributed by atoms with E-state index in [1.807, 2.05) is 48.2 Å². The van der Waals surface area contributed by atoms with E-state index in [-0.39, 0.29) is 6.03 Å². The van der Waals surface area contributed by atoms with Crippen LogP contribution in [-0.2, 0) is 6.54 Å². The Hall–Kier alpha value is -3.10. The zero-order valence-corrected chi connectivity index (χ0v) is 18.4. The smallest absolute Gasteiger partial charge is 0.322 e. The number of thiazole rings is 1. The van der Waals surface area contributed by atoms with Crippen molar-refractivity contribution in [2.45, 2.75) is 13.5 Å². The molecule has 1 saturated heterocycles. The minimum atomic E-state index is -0.127. The van der Waals surface area contributed by atoms with Crippen LogP contribution in [0.2, 0.25) is 0 Å². The van der Waals surface area contributed by atoms with Crippen molar-refractivity contribution in [3.05, 3.63) is 52.5 Å². The van der Waals surface area contributed by atoms with Crippen LogP contribution in [-0.4, -0.2) is 54.1 Å². The molecule has 2 amide bonds. The molecular weight excluding hydrogens is 412 g/mol. The Kier molecular flexibility index (Phi) is 5.25. The Morgan fingerprint density at radius 1 is 1.16 bits per heavy atom. The van der Waals surface area contributed by atoms with Gasteiger partial charge in [-0.1, -0.05) is 18.2 Å². The number of ether oxygens (including phenoxy) is 1. The third kappa shape index (κ3) is 3.96. The number of anilines is 1. The molecule has 2 aromatic carbocycles. The van der Waals surface area contributed by atoms with E-state index in [0.29, 0.717) is 24.5 Å². The summed E-state index contributed by atoms with van der Waals surface area (Å²) in [6.07, 6.45) is 0. The molecule has 0 unspecified atom stereocenters. The summed E-state index contributed by atoms with van der Waals surface area (Å²) in [6, 6.07) is 11.5. The van der Waals surface area contributed by atoms with Crippen LogP contribution in [0.5, 0.6) is 5.75 Å². The molecule has 0 aliphatic carbocycles. The Labute approximate surface area is 184 Å². The first-order chi connectivity index (χ1) is 15.1. The second-order valence-electron chi connectivity index (χ2n) is 7.70. The number of methoxy groups -OCH3 is 1. The quantitative estimate of drug-likeness (QED) is 0.502. The zero-order valence-electron chi connectivity index (χ0n) is 17.6. The van der Waals surface area contributed by atoms with Gasteiger partial charge in [-0.05, 0) is 19.1 Å². The van der Waals surface area contributed by atoms with Crippen LogP contribution in [0.25, 0.3) is 21.9 Å². The predicted octanol–water partition coefficient (Wildman–Crippen LogP) is 4.71. The number of fused-ring (bicyclic) bond motifs is 3. The number of carbonyl (C=O) groups is 1. The summed E-state index contributed by atoms with van der Waals surface area (Å²) in [6.45, 7) is 5.84.